The van der Waals surface area contributed by atoms with E-state index in [0.717, 1.165) is 29.8 Å². The number of carbonyl (C=O) groups excluding carboxylic acids is 1. The molecule has 0 N–H and O–H groups in total. The lowest BCUT2D eigenvalue weighted by Crippen LogP contribution is -2.29. The molecule has 124 valence electrons. The highest BCUT2D eigenvalue weighted by Gasteiger charge is 2.31. The van der Waals surface area contributed by atoms with Crippen molar-refractivity contribution in [1.82, 2.24) is 0 Å². The van der Waals surface area contributed by atoms with Crippen LogP contribution in [0.1, 0.15) is 18.4 Å². The molecular weight excluding hydrogens is 324 g/mol. The summed E-state index contributed by atoms with van der Waals surface area (Å²) in [5, 5.41) is 0. The van der Waals surface area contributed by atoms with Crippen molar-refractivity contribution in [3.8, 4) is 0 Å². The first-order valence-electron chi connectivity index (χ1n) is 8.08. The van der Waals surface area contributed by atoms with E-state index < -0.39 is 10.0 Å². The molecule has 2 aliphatic rings. The Morgan fingerprint density at radius 2 is 1.62 bits per heavy atom. The second-order valence-electron chi connectivity index (χ2n) is 6.10. The van der Waals surface area contributed by atoms with Crippen LogP contribution in [-0.4, -0.2) is 27.4 Å². The molecule has 2 heterocycles. The van der Waals surface area contributed by atoms with Gasteiger partial charge in [-0.3, -0.25) is 9.10 Å². The highest BCUT2D eigenvalue weighted by atomic mass is 32.2. The minimum absolute atomic E-state index is 0.0964. The van der Waals surface area contributed by atoms with Gasteiger partial charge in [0.15, 0.2) is 0 Å². The van der Waals surface area contributed by atoms with Gasteiger partial charge in [-0.05, 0) is 48.7 Å². The van der Waals surface area contributed by atoms with Gasteiger partial charge in [0.25, 0.3) is 10.0 Å². The number of nitrogens with zero attached hydrogens (tertiary/aromatic N) is 2. The lowest BCUT2D eigenvalue weighted by Gasteiger charge is -2.20. The van der Waals surface area contributed by atoms with Crippen molar-refractivity contribution < 1.29 is 13.2 Å². The van der Waals surface area contributed by atoms with Crippen molar-refractivity contribution in [2.75, 3.05) is 22.3 Å². The summed E-state index contributed by atoms with van der Waals surface area (Å²) in [7, 11) is -3.58. The number of benzene rings is 2. The number of hydrogen-bond acceptors (Lipinski definition) is 3. The van der Waals surface area contributed by atoms with Crippen molar-refractivity contribution in [2.45, 2.75) is 24.2 Å². The number of hydrogen-bond donors (Lipinski definition) is 0. The van der Waals surface area contributed by atoms with Crippen molar-refractivity contribution in [2.24, 2.45) is 0 Å². The van der Waals surface area contributed by atoms with Gasteiger partial charge in [-0.1, -0.05) is 18.2 Å². The number of sulfonamides is 1. The molecule has 0 bridgehead atoms. The van der Waals surface area contributed by atoms with Crippen LogP contribution >= 0.6 is 0 Å². The minimum Gasteiger partial charge on any atom is -0.312 e. The molecule has 24 heavy (non-hydrogen) atoms. The fourth-order valence-corrected chi connectivity index (χ4v) is 4.91. The molecule has 6 heteroatoms. The summed E-state index contributed by atoms with van der Waals surface area (Å²) in [6.45, 7) is 1.17. The average Bonchev–Trinajstić information content (AvgIpc) is 3.21. The number of amides is 1. The van der Waals surface area contributed by atoms with Gasteiger partial charge < -0.3 is 4.90 Å². The molecule has 1 fully saturated rings. The molecule has 2 aromatic rings. The monoisotopic (exact) mass is 342 g/mol. The Balaban J connectivity index is 1.65. The molecule has 0 aliphatic carbocycles. The number of fused-ring (bicyclic) bond motifs is 1. The maximum absolute atomic E-state index is 12.9. The predicted molar refractivity (Wildman–Crippen MR) is 92.7 cm³/mol. The van der Waals surface area contributed by atoms with Gasteiger partial charge in [0.1, 0.15) is 0 Å². The third kappa shape index (κ3) is 2.38. The molecule has 2 aromatic carbocycles. The zero-order valence-corrected chi connectivity index (χ0v) is 14.0. The molecule has 0 spiro atoms. The zero-order chi connectivity index (χ0) is 16.7. The number of para-hydroxylation sites is 1. The molecule has 5 nitrogen and oxygen atoms in total. The molecular formula is C18H18N2O3S. The fraction of sp³-hybridized carbons (Fsp3) is 0.278. The van der Waals surface area contributed by atoms with Crippen molar-refractivity contribution in [3.63, 3.8) is 0 Å². The average molecular weight is 342 g/mol. The molecule has 4 rings (SSSR count). The summed E-state index contributed by atoms with van der Waals surface area (Å²) >= 11 is 0. The Morgan fingerprint density at radius 1 is 0.875 bits per heavy atom. The molecule has 2 aliphatic heterocycles. The molecule has 0 unspecified atom stereocenters. The van der Waals surface area contributed by atoms with Crippen LogP contribution in [0.4, 0.5) is 11.4 Å². The Hall–Kier alpha value is -2.34. The van der Waals surface area contributed by atoms with E-state index in [4.69, 9.17) is 0 Å². The predicted octanol–water partition coefficient (Wildman–Crippen LogP) is 2.56. The van der Waals surface area contributed by atoms with E-state index >= 15 is 0 Å². The maximum atomic E-state index is 12.9. The third-order valence-electron chi connectivity index (χ3n) is 4.65. The van der Waals surface area contributed by atoms with Crippen LogP contribution in [0.2, 0.25) is 0 Å². The second kappa shape index (κ2) is 5.63. The van der Waals surface area contributed by atoms with E-state index in [0.29, 0.717) is 19.5 Å². The smallest absolute Gasteiger partial charge is 0.264 e. The highest BCUT2D eigenvalue weighted by Crippen LogP contribution is 2.33. The van der Waals surface area contributed by atoms with Gasteiger partial charge in [-0.2, -0.15) is 0 Å². The van der Waals surface area contributed by atoms with Gasteiger partial charge in [0, 0.05) is 25.2 Å². The largest absolute Gasteiger partial charge is 0.312 e. The zero-order valence-electron chi connectivity index (χ0n) is 13.2. The summed E-state index contributed by atoms with van der Waals surface area (Å²) in [5.41, 5.74) is 2.58. The number of carbonyl (C=O) groups is 1. The Morgan fingerprint density at radius 3 is 2.33 bits per heavy atom. The van der Waals surface area contributed by atoms with E-state index in [9.17, 15) is 13.2 Å². The molecule has 0 radical (unpaired) electrons. The summed E-state index contributed by atoms with van der Waals surface area (Å²) < 4.78 is 27.3. The van der Waals surface area contributed by atoms with Crippen LogP contribution in [0.5, 0.6) is 0 Å². The van der Waals surface area contributed by atoms with Gasteiger partial charge in [0.2, 0.25) is 5.91 Å². The minimum atomic E-state index is -3.58. The SMILES string of the molecule is O=C1CCCN1c1ccc(S(=O)(=O)N2CCc3ccccc32)cc1. The lowest BCUT2D eigenvalue weighted by molar-refractivity contribution is -0.117. The van der Waals surface area contributed by atoms with Gasteiger partial charge in [0.05, 0.1) is 10.6 Å². The normalized spacial score (nSPS) is 17.4. The number of rotatable bonds is 3. The summed E-state index contributed by atoms with van der Waals surface area (Å²) in [4.78, 5) is 13.8. The van der Waals surface area contributed by atoms with Gasteiger partial charge in [-0.15, -0.1) is 0 Å². The fourth-order valence-electron chi connectivity index (χ4n) is 3.40. The number of anilines is 2. The quantitative estimate of drug-likeness (QED) is 0.861. The van der Waals surface area contributed by atoms with Crippen LogP contribution < -0.4 is 9.21 Å². The van der Waals surface area contributed by atoms with E-state index in [1.54, 1.807) is 29.2 Å². The van der Waals surface area contributed by atoms with E-state index in [1.807, 2.05) is 24.3 Å². The molecule has 1 saturated heterocycles. The van der Waals surface area contributed by atoms with Crippen LogP contribution in [0, 0.1) is 0 Å². The second-order valence-corrected chi connectivity index (χ2v) is 7.96. The van der Waals surface area contributed by atoms with Crippen molar-refractivity contribution in [3.05, 3.63) is 54.1 Å². The summed E-state index contributed by atoms with van der Waals surface area (Å²) in [6.07, 6.45) is 2.14. The lowest BCUT2D eigenvalue weighted by atomic mass is 10.2. The van der Waals surface area contributed by atoms with Crippen molar-refractivity contribution >= 4 is 27.3 Å². The summed E-state index contributed by atoms with van der Waals surface area (Å²) in [6, 6.07) is 14.2. The first-order chi connectivity index (χ1) is 11.6. The standard InChI is InChI=1S/C18H18N2O3S/c21-18-6-3-12-19(18)15-7-9-16(10-8-15)24(22,23)20-13-11-14-4-1-2-5-17(14)20/h1-2,4-5,7-10H,3,6,11-13H2. The van der Waals surface area contributed by atoms with Gasteiger partial charge in [-0.25, -0.2) is 8.42 Å². The molecule has 0 saturated carbocycles. The van der Waals surface area contributed by atoms with E-state index in [2.05, 4.69) is 0 Å². The molecule has 0 aromatic heterocycles. The van der Waals surface area contributed by atoms with Crippen LogP contribution in [0.3, 0.4) is 0 Å². The van der Waals surface area contributed by atoms with Crippen LogP contribution in [0.25, 0.3) is 0 Å². The van der Waals surface area contributed by atoms with Crippen LogP contribution in [0.15, 0.2) is 53.4 Å². The molecule has 1 amide bonds. The Kier molecular flexibility index (Phi) is 3.57. The first kappa shape index (κ1) is 15.2. The maximum Gasteiger partial charge on any atom is 0.264 e. The van der Waals surface area contributed by atoms with Crippen LogP contribution in [-0.2, 0) is 21.2 Å². The molecule has 0 atom stereocenters. The Bertz CT molecular complexity index is 891. The highest BCUT2D eigenvalue weighted by molar-refractivity contribution is 7.92. The first-order valence-corrected chi connectivity index (χ1v) is 9.52. The summed E-state index contributed by atoms with van der Waals surface area (Å²) in [5.74, 6) is 0.0964. The Labute approximate surface area is 141 Å². The van der Waals surface area contributed by atoms with E-state index in [-0.39, 0.29) is 10.8 Å². The van der Waals surface area contributed by atoms with Gasteiger partial charge >= 0.3 is 0 Å². The van der Waals surface area contributed by atoms with E-state index in [1.165, 1.54) is 4.31 Å². The third-order valence-corrected chi connectivity index (χ3v) is 6.48. The van der Waals surface area contributed by atoms with Crippen molar-refractivity contribution in [1.29, 1.82) is 0 Å². The topological polar surface area (TPSA) is 57.7 Å².